The zero-order chi connectivity index (χ0) is 23.1. The fourth-order valence-electron chi connectivity index (χ4n) is 5.24. The van der Waals surface area contributed by atoms with E-state index in [0.29, 0.717) is 48.7 Å². The van der Waals surface area contributed by atoms with Gasteiger partial charge in [0.1, 0.15) is 17.7 Å². The van der Waals surface area contributed by atoms with Crippen molar-refractivity contribution in [2.45, 2.75) is 50.7 Å². The van der Waals surface area contributed by atoms with Crippen LogP contribution in [0.4, 0.5) is 8.78 Å². The van der Waals surface area contributed by atoms with Crippen LogP contribution < -0.4 is 5.32 Å². The first kappa shape index (κ1) is 21.8. The highest BCUT2D eigenvalue weighted by atomic mass is 19.1. The molecular formula is C26H27F2N3O2. The molecule has 0 spiro atoms. The van der Waals surface area contributed by atoms with E-state index in [0.717, 1.165) is 37.6 Å². The summed E-state index contributed by atoms with van der Waals surface area (Å²) in [5, 5.41) is 2.77. The summed E-state index contributed by atoms with van der Waals surface area (Å²) in [5.41, 5.74) is 4.08. The van der Waals surface area contributed by atoms with Crippen LogP contribution in [0.2, 0.25) is 0 Å². The molecule has 0 aliphatic carbocycles. The van der Waals surface area contributed by atoms with Crippen LogP contribution >= 0.6 is 0 Å². The lowest BCUT2D eigenvalue weighted by atomic mass is 9.87. The number of amides is 2. The Morgan fingerprint density at radius 2 is 1.82 bits per heavy atom. The van der Waals surface area contributed by atoms with Gasteiger partial charge in [-0.25, -0.2) is 8.78 Å². The lowest BCUT2D eigenvalue weighted by Gasteiger charge is -2.32. The topological polar surface area (TPSA) is 52.7 Å². The molecule has 3 heterocycles. The largest absolute Gasteiger partial charge is 0.329 e. The van der Waals surface area contributed by atoms with E-state index in [4.69, 9.17) is 0 Å². The average molecular weight is 452 g/mol. The summed E-state index contributed by atoms with van der Waals surface area (Å²) >= 11 is 0. The van der Waals surface area contributed by atoms with Crippen molar-refractivity contribution < 1.29 is 18.4 Å². The molecule has 1 atom stereocenters. The highest BCUT2D eigenvalue weighted by Gasteiger charge is 2.38. The number of piperidine rings is 2. The van der Waals surface area contributed by atoms with Crippen LogP contribution in [0.5, 0.6) is 0 Å². The monoisotopic (exact) mass is 451 g/mol. The van der Waals surface area contributed by atoms with Crippen molar-refractivity contribution in [2.24, 2.45) is 0 Å². The molecule has 33 heavy (non-hydrogen) atoms. The molecule has 3 aliphatic heterocycles. The number of fused-ring (bicyclic) bond motifs is 1. The minimum absolute atomic E-state index is 0.0830. The fourth-order valence-corrected chi connectivity index (χ4v) is 5.24. The van der Waals surface area contributed by atoms with Gasteiger partial charge in [0.2, 0.25) is 5.91 Å². The average Bonchev–Trinajstić information content (AvgIpc) is 3.12. The van der Waals surface area contributed by atoms with Crippen LogP contribution in [0.3, 0.4) is 0 Å². The van der Waals surface area contributed by atoms with Gasteiger partial charge in [-0.05, 0) is 68.0 Å². The fraction of sp³-hybridized carbons (Fsp3) is 0.385. The van der Waals surface area contributed by atoms with E-state index in [2.05, 4.69) is 22.9 Å². The second-order valence-electron chi connectivity index (χ2n) is 9.28. The number of carbonyl (C=O) groups excluding carboxylic acids is 2. The molecule has 5 nitrogen and oxygen atoms in total. The second kappa shape index (κ2) is 8.71. The number of carbonyl (C=O) groups is 2. The van der Waals surface area contributed by atoms with Crippen molar-refractivity contribution in [3.8, 4) is 0 Å². The molecule has 1 N–H and O–H groups in total. The van der Waals surface area contributed by atoms with Gasteiger partial charge in [0.05, 0.1) is 0 Å². The first-order chi connectivity index (χ1) is 15.9. The lowest BCUT2D eigenvalue weighted by molar-refractivity contribution is -0.126. The number of allylic oxidation sites excluding steroid dienone is 1. The minimum Gasteiger partial charge on any atom is -0.329 e. The molecule has 0 bridgehead atoms. The van der Waals surface area contributed by atoms with Crippen molar-refractivity contribution in [1.82, 2.24) is 15.1 Å². The van der Waals surface area contributed by atoms with Crippen LogP contribution in [0.15, 0.2) is 48.7 Å². The highest BCUT2D eigenvalue weighted by molar-refractivity contribution is 6.01. The molecule has 2 fully saturated rings. The Kier molecular flexibility index (Phi) is 5.74. The third kappa shape index (κ3) is 4.29. The van der Waals surface area contributed by atoms with Crippen LogP contribution in [0.25, 0.3) is 0 Å². The molecule has 0 saturated carbocycles. The van der Waals surface area contributed by atoms with Gasteiger partial charge in [0.15, 0.2) is 0 Å². The Morgan fingerprint density at radius 3 is 2.55 bits per heavy atom. The summed E-state index contributed by atoms with van der Waals surface area (Å²) in [6, 6.07) is 9.34. The number of benzene rings is 2. The molecule has 0 radical (unpaired) electrons. The summed E-state index contributed by atoms with van der Waals surface area (Å²) in [6.45, 7) is 6.40. The number of nitrogens with one attached hydrogen (secondary N) is 1. The molecule has 0 aromatic heterocycles. The molecular weight excluding hydrogens is 424 g/mol. The normalized spacial score (nSPS) is 21.9. The summed E-state index contributed by atoms with van der Waals surface area (Å²) < 4.78 is 27.1. The van der Waals surface area contributed by atoms with Gasteiger partial charge in [0, 0.05) is 36.0 Å². The molecule has 2 amide bonds. The first-order valence-corrected chi connectivity index (χ1v) is 11.5. The van der Waals surface area contributed by atoms with Gasteiger partial charge in [-0.15, -0.1) is 0 Å². The lowest BCUT2D eigenvalue weighted by Crippen LogP contribution is -2.49. The first-order valence-electron chi connectivity index (χ1n) is 11.5. The molecule has 2 aromatic carbocycles. The maximum absolute atomic E-state index is 14.0. The van der Waals surface area contributed by atoms with Gasteiger partial charge in [0.25, 0.3) is 5.91 Å². The summed E-state index contributed by atoms with van der Waals surface area (Å²) in [6.07, 6.45) is 3.16. The molecule has 7 heteroatoms. The molecule has 172 valence electrons. The predicted molar refractivity (Wildman–Crippen MR) is 120 cm³/mol. The molecule has 1 unspecified atom stereocenters. The summed E-state index contributed by atoms with van der Waals surface area (Å²) in [5.74, 6) is -0.924. The zero-order valence-electron chi connectivity index (χ0n) is 18.4. The molecule has 5 rings (SSSR count). The third-order valence-corrected chi connectivity index (χ3v) is 7.13. The van der Waals surface area contributed by atoms with E-state index >= 15 is 0 Å². The predicted octanol–water partition coefficient (Wildman–Crippen LogP) is 4.09. The van der Waals surface area contributed by atoms with Crippen LogP contribution in [0, 0.1) is 11.6 Å². The van der Waals surface area contributed by atoms with E-state index in [1.54, 1.807) is 4.90 Å². The Bertz CT molecular complexity index is 1120. The maximum atomic E-state index is 14.0. The van der Waals surface area contributed by atoms with Crippen LogP contribution in [-0.4, -0.2) is 40.7 Å². The number of halogens is 2. The summed E-state index contributed by atoms with van der Waals surface area (Å²) in [7, 11) is 0. The van der Waals surface area contributed by atoms with Crippen molar-refractivity contribution in [1.29, 1.82) is 0 Å². The van der Waals surface area contributed by atoms with Crippen molar-refractivity contribution in [3.05, 3.63) is 82.6 Å². The van der Waals surface area contributed by atoms with Gasteiger partial charge in [-0.2, -0.15) is 0 Å². The number of hydrogen-bond donors (Lipinski definition) is 1. The number of likely N-dealkylation sites (tertiary alicyclic amines) is 1. The van der Waals surface area contributed by atoms with Crippen molar-refractivity contribution in [3.63, 3.8) is 0 Å². The highest BCUT2D eigenvalue weighted by Crippen LogP contribution is 2.34. The molecule has 2 aromatic rings. The number of nitrogens with zero attached hydrogens (tertiary/aromatic N) is 2. The number of rotatable bonds is 4. The Morgan fingerprint density at radius 1 is 1.03 bits per heavy atom. The summed E-state index contributed by atoms with van der Waals surface area (Å²) in [4.78, 5) is 29.2. The van der Waals surface area contributed by atoms with Crippen LogP contribution in [-0.2, 0) is 17.9 Å². The smallest absolute Gasteiger partial charge is 0.255 e. The van der Waals surface area contributed by atoms with Gasteiger partial charge >= 0.3 is 0 Å². The van der Waals surface area contributed by atoms with Gasteiger partial charge in [-0.3, -0.25) is 14.5 Å². The SMILES string of the molecule is C=C1CCC(N2Cc3cc(C4CCN(Cc5ccc(F)cc5F)CC4)ccc3C2=O)C(=O)N1. The third-order valence-electron chi connectivity index (χ3n) is 7.13. The Balaban J connectivity index is 1.23. The zero-order valence-corrected chi connectivity index (χ0v) is 18.4. The van der Waals surface area contributed by atoms with Gasteiger partial charge < -0.3 is 10.2 Å². The van der Waals surface area contributed by atoms with E-state index < -0.39 is 17.7 Å². The minimum atomic E-state index is -0.557. The van der Waals surface area contributed by atoms with E-state index in [-0.39, 0.29) is 11.8 Å². The molecule has 3 aliphatic rings. The Labute approximate surface area is 192 Å². The van der Waals surface area contributed by atoms with E-state index in [1.165, 1.54) is 17.7 Å². The van der Waals surface area contributed by atoms with E-state index in [1.807, 2.05) is 12.1 Å². The second-order valence-corrected chi connectivity index (χ2v) is 9.28. The van der Waals surface area contributed by atoms with Crippen molar-refractivity contribution in [2.75, 3.05) is 13.1 Å². The standard InChI is InChI=1S/C26H27F2N3O2/c1-16-2-7-24(25(32)29-16)31-15-20-12-18(4-6-22(20)26(31)33)17-8-10-30(11-9-17)14-19-3-5-21(27)13-23(19)28/h3-6,12-13,17,24H,1-2,7-11,14-15H2,(H,29,32). The maximum Gasteiger partial charge on any atom is 0.255 e. The van der Waals surface area contributed by atoms with Crippen LogP contribution in [0.1, 0.15) is 58.6 Å². The number of hydrogen-bond acceptors (Lipinski definition) is 3. The Hall–Kier alpha value is -3.06. The van der Waals surface area contributed by atoms with E-state index in [9.17, 15) is 18.4 Å². The quantitative estimate of drug-likeness (QED) is 0.762. The van der Waals surface area contributed by atoms with Crippen molar-refractivity contribution >= 4 is 11.8 Å². The van der Waals surface area contributed by atoms with Gasteiger partial charge in [-0.1, -0.05) is 24.8 Å². The molecule has 2 saturated heterocycles.